The average molecular weight is 391 g/mol. The Morgan fingerprint density at radius 3 is 2.69 bits per heavy atom. The summed E-state index contributed by atoms with van der Waals surface area (Å²) in [7, 11) is -3.57. The Morgan fingerprint density at radius 1 is 1.56 bits per heavy atom. The Hall–Kier alpha value is -0.120. The third-order valence-electron chi connectivity index (χ3n) is 1.53. The minimum Gasteiger partial charge on any atom is -0.392 e. The van der Waals surface area contributed by atoms with Crippen molar-refractivity contribution in [1.29, 1.82) is 0 Å². The van der Waals surface area contributed by atoms with Crippen molar-refractivity contribution in [2.24, 2.45) is 5.73 Å². The molecular weight excluding hydrogens is 383 g/mol. The van der Waals surface area contributed by atoms with Gasteiger partial charge in [0, 0.05) is 3.57 Å². The highest BCUT2D eigenvalue weighted by molar-refractivity contribution is 14.1. The van der Waals surface area contributed by atoms with Crippen molar-refractivity contribution < 1.29 is 8.42 Å². The maximum absolute atomic E-state index is 11.5. The van der Waals surface area contributed by atoms with Gasteiger partial charge in [0.2, 0.25) is 10.0 Å². The number of anilines is 1. The molecule has 16 heavy (non-hydrogen) atoms. The number of hydrogen-bond donors (Lipinski definition) is 2. The van der Waals surface area contributed by atoms with E-state index in [1.807, 2.05) is 0 Å². The minimum atomic E-state index is -3.57. The van der Waals surface area contributed by atoms with Gasteiger partial charge in [-0.25, -0.2) is 8.42 Å². The summed E-state index contributed by atoms with van der Waals surface area (Å²) in [5.41, 5.74) is 5.49. The number of hydrogen-bond acceptors (Lipinski definition) is 3. The smallest absolute Gasteiger partial charge is 0.239 e. The van der Waals surface area contributed by atoms with Crippen LogP contribution in [0.1, 0.15) is 0 Å². The molecule has 88 valence electrons. The van der Waals surface area contributed by atoms with Crippen LogP contribution in [0.15, 0.2) is 18.2 Å². The van der Waals surface area contributed by atoms with Crippen LogP contribution in [0, 0.1) is 3.57 Å². The van der Waals surface area contributed by atoms with Crippen LogP contribution in [0.25, 0.3) is 0 Å². The second-order valence-corrected chi connectivity index (χ2v) is 6.85. The van der Waals surface area contributed by atoms with E-state index in [9.17, 15) is 8.42 Å². The number of thiocarbonyl (C=S) groups is 1. The summed E-state index contributed by atoms with van der Waals surface area (Å²) >= 11 is 12.5. The lowest BCUT2D eigenvalue weighted by atomic mass is 10.3. The Kier molecular flexibility index (Phi) is 4.77. The number of benzene rings is 1. The van der Waals surface area contributed by atoms with Crippen molar-refractivity contribution >= 4 is 67.1 Å². The summed E-state index contributed by atoms with van der Waals surface area (Å²) in [5, 5.41) is 0.332. The van der Waals surface area contributed by atoms with Crippen LogP contribution in [-0.4, -0.2) is 19.2 Å². The van der Waals surface area contributed by atoms with Crippen molar-refractivity contribution in [1.82, 2.24) is 0 Å². The molecule has 0 saturated heterocycles. The van der Waals surface area contributed by atoms with E-state index in [1.165, 1.54) is 0 Å². The van der Waals surface area contributed by atoms with Gasteiger partial charge in [-0.15, -0.1) is 0 Å². The quantitative estimate of drug-likeness (QED) is 0.609. The Morgan fingerprint density at radius 2 is 2.19 bits per heavy atom. The van der Waals surface area contributed by atoms with Crippen molar-refractivity contribution in [3.8, 4) is 0 Å². The van der Waals surface area contributed by atoms with Crippen molar-refractivity contribution in [2.75, 3.05) is 10.5 Å². The number of nitrogens with one attached hydrogen (secondary N) is 1. The molecule has 8 heteroatoms. The van der Waals surface area contributed by atoms with Crippen LogP contribution in [0.2, 0.25) is 5.02 Å². The SMILES string of the molecule is NC(=S)CS(=O)(=O)Nc1ccc(I)cc1Cl. The second-order valence-electron chi connectivity index (χ2n) is 2.95. The molecule has 1 aromatic rings. The molecule has 1 rings (SSSR count). The molecule has 0 aliphatic carbocycles. The summed E-state index contributed by atoms with van der Waals surface area (Å²) in [6, 6.07) is 4.98. The van der Waals surface area contributed by atoms with Gasteiger partial charge in [-0.2, -0.15) is 0 Å². The van der Waals surface area contributed by atoms with Gasteiger partial charge in [0.25, 0.3) is 0 Å². The van der Waals surface area contributed by atoms with E-state index in [0.717, 1.165) is 3.57 Å². The fourth-order valence-corrected chi connectivity index (χ4v) is 3.35. The molecule has 4 nitrogen and oxygen atoms in total. The van der Waals surface area contributed by atoms with Crippen molar-refractivity contribution in [2.45, 2.75) is 0 Å². The summed E-state index contributed by atoms with van der Waals surface area (Å²) < 4.78 is 26.2. The third kappa shape index (κ3) is 4.40. The van der Waals surface area contributed by atoms with Crippen LogP contribution in [-0.2, 0) is 10.0 Å². The predicted molar refractivity (Wildman–Crippen MR) is 78.4 cm³/mol. The fourth-order valence-electron chi connectivity index (χ4n) is 0.963. The van der Waals surface area contributed by atoms with Crippen LogP contribution in [0.3, 0.4) is 0 Å². The van der Waals surface area contributed by atoms with Crippen LogP contribution in [0.5, 0.6) is 0 Å². The molecule has 0 saturated carbocycles. The number of sulfonamides is 1. The predicted octanol–water partition coefficient (Wildman–Crippen LogP) is 1.97. The van der Waals surface area contributed by atoms with Crippen LogP contribution < -0.4 is 10.5 Å². The highest BCUT2D eigenvalue weighted by Crippen LogP contribution is 2.24. The van der Waals surface area contributed by atoms with E-state index in [2.05, 4.69) is 39.5 Å². The van der Waals surface area contributed by atoms with Crippen LogP contribution in [0.4, 0.5) is 5.69 Å². The fraction of sp³-hybridized carbons (Fsp3) is 0.125. The molecule has 0 aliphatic heterocycles. The molecule has 0 unspecified atom stereocenters. The lowest BCUT2D eigenvalue weighted by molar-refractivity contribution is 0.605. The lowest BCUT2D eigenvalue weighted by Crippen LogP contribution is -2.26. The van der Waals surface area contributed by atoms with E-state index >= 15 is 0 Å². The number of nitrogens with two attached hydrogens (primary N) is 1. The molecule has 1 aromatic carbocycles. The lowest BCUT2D eigenvalue weighted by Gasteiger charge is -2.08. The molecule has 3 N–H and O–H groups in total. The van der Waals surface area contributed by atoms with Crippen LogP contribution >= 0.6 is 46.4 Å². The molecule has 0 amide bonds. The summed E-state index contributed by atoms with van der Waals surface area (Å²) in [4.78, 5) is -0.0888. The van der Waals surface area contributed by atoms with Gasteiger partial charge in [-0.1, -0.05) is 23.8 Å². The first-order valence-corrected chi connectivity index (χ1v) is 7.56. The largest absolute Gasteiger partial charge is 0.392 e. The maximum Gasteiger partial charge on any atom is 0.239 e. The Bertz CT molecular complexity index is 519. The molecule has 0 bridgehead atoms. The molecule has 0 spiro atoms. The highest BCUT2D eigenvalue weighted by atomic mass is 127. The highest BCUT2D eigenvalue weighted by Gasteiger charge is 2.13. The summed E-state index contributed by atoms with van der Waals surface area (Å²) in [6.07, 6.45) is 0. The molecule has 0 atom stereocenters. The zero-order chi connectivity index (χ0) is 12.3. The van der Waals surface area contributed by atoms with Crippen molar-refractivity contribution in [3.63, 3.8) is 0 Å². The summed E-state index contributed by atoms with van der Waals surface area (Å²) in [5.74, 6) is -0.398. The first-order chi connectivity index (χ1) is 7.30. The first kappa shape index (κ1) is 13.9. The number of rotatable bonds is 4. The molecule has 0 aromatic heterocycles. The Labute approximate surface area is 118 Å². The molecule has 0 radical (unpaired) electrons. The zero-order valence-corrected chi connectivity index (χ0v) is 12.5. The zero-order valence-electron chi connectivity index (χ0n) is 7.91. The third-order valence-corrected chi connectivity index (χ3v) is 4.06. The van der Waals surface area contributed by atoms with Gasteiger partial charge in [-0.05, 0) is 40.8 Å². The van der Waals surface area contributed by atoms with E-state index in [1.54, 1.807) is 18.2 Å². The van der Waals surface area contributed by atoms with Gasteiger partial charge >= 0.3 is 0 Å². The van der Waals surface area contributed by atoms with Gasteiger partial charge < -0.3 is 5.73 Å². The molecule has 0 fully saturated rings. The van der Waals surface area contributed by atoms with E-state index < -0.39 is 15.8 Å². The maximum atomic E-state index is 11.5. The van der Waals surface area contributed by atoms with E-state index in [-0.39, 0.29) is 4.99 Å². The monoisotopic (exact) mass is 390 g/mol. The second kappa shape index (κ2) is 5.48. The standard InChI is InChI=1S/C8H8ClIN2O2S2/c9-6-3-5(10)1-2-7(6)12-16(13,14)4-8(11)15/h1-3,12H,4H2,(H2,11,15). The molecular formula is C8H8ClIN2O2S2. The number of halogens is 2. The van der Waals surface area contributed by atoms with Gasteiger partial charge in [0.05, 0.1) is 15.7 Å². The first-order valence-electron chi connectivity index (χ1n) is 4.04. The normalized spacial score (nSPS) is 11.1. The molecule has 0 aliphatic rings. The Balaban J connectivity index is 2.92. The van der Waals surface area contributed by atoms with E-state index in [4.69, 9.17) is 17.3 Å². The van der Waals surface area contributed by atoms with Gasteiger partial charge in [0.15, 0.2) is 0 Å². The topological polar surface area (TPSA) is 72.2 Å². The summed E-state index contributed by atoms with van der Waals surface area (Å²) in [6.45, 7) is 0. The van der Waals surface area contributed by atoms with E-state index in [0.29, 0.717) is 10.7 Å². The minimum absolute atomic E-state index is 0.0888. The molecule has 0 heterocycles. The van der Waals surface area contributed by atoms with Gasteiger partial charge in [0.1, 0.15) is 5.75 Å². The van der Waals surface area contributed by atoms with Gasteiger partial charge in [-0.3, -0.25) is 4.72 Å². The van der Waals surface area contributed by atoms with Crippen molar-refractivity contribution in [3.05, 3.63) is 26.8 Å². The average Bonchev–Trinajstić information content (AvgIpc) is 2.07.